The maximum atomic E-state index is 13.4. The standard InChI is InChI=1S/C30H37N7O5/c1-20-6-7-22(33-29(38)21-10-11-32-26(16-21)28-19-31-12-15-42-28)17-25(20)34-30(39)24-18-23(8-9-27(24)37(40)41)36(4)14-5-13-35(2)3/h6-11,16-18,28,31H,5,12-15,19H2,1-4H3,(H,33,38)(H,34,39). The average Bonchev–Trinajstić information content (AvgIpc) is 2.98. The molecule has 0 saturated carbocycles. The van der Waals surface area contributed by atoms with Gasteiger partial charge in [-0.15, -0.1) is 0 Å². The van der Waals surface area contributed by atoms with Crippen LogP contribution >= 0.6 is 0 Å². The molecule has 0 aliphatic carbocycles. The van der Waals surface area contributed by atoms with E-state index in [0.717, 1.165) is 31.6 Å². The molecule has 4 rings (SSSR count). The van der Waals surface area contributed by atoms with Gasteiger partial charge in [-0.2, -0.15) is 0 Å². The van der Waals surface area contributed by atoms with Crippen LogP contribution in [0.4, 0.5) is 22.7 Å². The fourth-order valence-corrected chi connectivity index (χ4v) is 4.60. The topological polar surface area (TPSA) is 142 Å². The minimum atomic E-state index is -0.614. The van der Waals surface area contributed by atoms with Crippen LogP contribution < -0.4 is 20.9 Å². The van der Waals surface area contributed by atoms with Crippen molar-refractivity contribution in [3.8, 4) is 0 Å². The van der Waals surface area contributed by atoms with Crippen molar-refractivity contribution in [1.82, 2.24) is 15.2 Å². The summed E-state index contributed by atoms with van der Waals surface area (Å²) >= 11 is 0. The summed E-state index contributed by atoms with van der Waals surface area (Å²) < 4.78 is 5.75. The summed E-state index contributed by atoms with van der Waals surface area (Å²) in [6, 6.07) is 13.0. The maximum absolute atomic E-state index is 13.4. The lowest BCUT2D eigenvalue weighted by Gasteiger charge is -2.23. The number of nitrogens with one attached hydrogen (secondary N) is 3. The number of aryl methyl sites for hydroxylation is 1. The quantitative estimate of drug-likeness (QED) is 0.230. The first kappa shape index (κ1) is 30.6. The van der Waals surface area contributed by atoms with Crippen molar-refractivity contribution in [1.29, 1.82) is 0 Å². The second-order valence-corrected chi connectivity index (χ2v) is 10.5. The van der Waals surface area contributed by atoms with Crippen LogP contribution in [-0.2, 0) is 4.74 Å². The Morgan fingerprint density at radius 3 is 2.60 bits per heavy atom. The molecule has 0 bridgehead atoms. The van der Waals surface area contributed by atoms with E-state index in [0.29, 0.717) is 41.5 Å². The highest BCUT2D eigenvalue weighted by Crippen LogP contribution is 2.28. The van der Waals surface area contributed by atoms with Crippen molar-refractivity contribution in [2.45, 2.75) is 19.4 Å². The molecular formula is C30H37N7O5. The van der Waals surface area contributed by atoms with Crippen molar-refractivity contribution < 1.29 is 19.2 Å². The molecule has 1 aliphatic heterocycles. The zero-order valence-corrected chi connectivity index (χ0v) is 24.3. The largest absolute Gasteiger partial charge is 0.375 e. The SMILES string of the molecule is Cc1ccc(NC(=O)c2ccnc(C3CNCCO3)c2)cc1NC(=O)c1cc(N(C)CCCN(C)C)ccc1[N+](=O)[O-]. The lowest BCUT2D eigenvalue weighted by molar-refractivity contribution is -0.385. The van der Waals surface area contributed by atoms with Gasteiger partial charge in [0.05, 0.1) is 17.2 Å². The van der Waals surface area contributed by atoms with Crippen LogP contribution in [0.25, 0.3) is 0 Å². The third-order valence-electron chi connectivity index (χ3n) is 7.01. The highest BCUT2D eigenvalue weighted by Gasteiger charge is 2.23. The number of carbonyl (C=O) groups is 2. The minimum Gasteiger partial charge on any atom is -0.375 e. The number of anilines is 3. The second-order valence-electron chi connectivity index (χ2n) is 10.5. The third-order valence-corrected chi connectivity index (χ3v) is 7.01. The average molecular weight is 576 g/mol. The molecule has 2 heterocycles. The third kappa shape index (κ3) is 7.87. The summed E-state index contributed by atoms with van der Waals surface area (Å²) in [4.78, 5) is 46.0. The number of hydrogen-bond acceptors (Lipinski definition) is 9. The Morgan fingerprint density at radius 1 is 1.07 bits per heavy atom. The van der Waals surface area contributed by atoms with Crippen LogP contribution in [0.2, 0.25) is 0 Å². The monoisotopic (exact) mass is 575 g/mol. The Kier molecular flexibility index (Phi) is 10.2. The predicted octanol–water partition coefficient (Wildman–Crippen LogP) is 3.85. The van der Waals surface area contributed by atoms with Crippen LogP contribution in [0.1, 0.15) is 44.5 Å². The van der Waals surface area contributed by atoms with E-state index in [2.05, 4.69) is 25.8 Å². The lowest BCUT2D eigenvalue weighted by atomic mass is 10.1. The number of rotatable bonds is 11. The van der Waals surface area contributed by atoms with Crippen molar-refractivity contribution >= 4 is 34.6 Å². The van der Waals surface area contributed by atoms with Gasteiger partial charge in [-0.25, -0.2) is 0 Å². The summed E-state index contributed by atoms with van der Waals surface area (Å²) in [5.74, 6) is -0.958. The molecule has 12 nitrogen and oxygen atoms in total. The molecule has 2 amide bonds. The molecular weight excluding hydrogens is 538 g/mol. The molecule has 12 heteroatoms. The molecule has 3 aromatic rings. The van der Waals surface area contributed by atoms with E-state index in [1.165, 1.54) is 12.1 Å². The molecule has 2 aromatic carbocycles. The van der Waals surface area contributed by atoms with E-state index >= 15 is 0 Å². The van der Waals surface area contributed by atoms with Gasteiger partial charge >= 0.3 is 0 Å². The first-order valence-electron chi connectivity index (χ1n) is 13.8. The highest BCUT2D eigenvalue weighted by atomic mass is 16.6. The maximum Gasteiger partial charge on any atom is 0.282 e. The van der Waals surface area contributed by atoms with Crippen LogP contribution in [0.5, 0.6) is 0 Å². The first-order valence-corrected chi connectivity index (χ1v) is 13.8. The Labute approximate surface area is 245 Å². The first-order chi connectivity index (χ1) is 20.1. The summed E-state index contributed by atoms with van der Waals surface area (Å²) in [5.41, 5.74) is 3.07. The summed E-state index contributed by atoms with van der Waals surface area (Å²) in [5, 5.41) is 20.7. The highest BCUT2D eigenvalue weighted by molar-refractivity contribution is 6.09. The van der Waals surface area contributed by atoms with Gasteiger partial charge in [-0.05, 0) is 75.9 Å². The normalized spacial score (nSPS) is 14.8. The Morgan fingerprint density at radius 2 is 1.88 bits per heavy atom. The molecule has 1 aromatic heterocycles. The fourth-order valence-electron chi connectivity index (χ4n) is 4.60. The zero-order chi connectivity index (χ0) is 30.2. The molecule has 1 fully saturated rings. The molecule has 222 valence electrons. The molecule has 3 N–H and O–H groups in total. The molecule has 42 heavy (non-hydrogen) atoms. The smallest absolute Gasteiger partial charge is 0.282 e. The van der Waals surface area contributed by atoms with Gasteiger partial charge < -0.3 is 30.5 Å². The number of nitro benzene ring substituents is 1. The number of pyridine rings is 1. The number of ether oxygens (including phenoxy) is 1. The van der Waals surface area contributed by atoms with E-state index < -0.39 is 10.8 Å². The summed E-state index contributed by atoms with van der Waals surface area (Å²) in [6.45, 7) is 5.38. The van der Waals surface area contributed by atoms with E-state index in [9.17, 15) is 19.7 Å². The number of morpholine rings is 1. The Bertz CT molecular complexity index is 1440. The molecule has 0 radical (unpaired) electrons. The minimum absolute atomic E-state index is 0.0467. The summed E-state index contributed by atoms with van der Waals surface area (Å²) in [6.07, 6.45) is 2.24. The van der Waals surface area contributed by atoms with Crippen molar-refractivity contribution in [2.24, 2.45) is 0 Å². The van der Waals surface area contributed by atoms with Crippen molar-refractivity contribution in [2.75, 3.05) is 69.5 Å². The second kappa shape index (κ2) is 14.0. The van der Waals surface area contributed by atoms with Crippen LogP contribution in [0, 0.1) is 17.0 Å². The predicted molar refractivity (Wildman–Crippen MR) is 162 cm³/mol. The van der Waals surface area contributed by atoms with Gasteiger partial charge in [0.1, 0.15) is 11.7 Å². The molecule has 1 saturated heterocycles. The van der Waals surface area contributed by atoms with Crippen LogP contribution in [0.15, 0.2) is 54.7 Å². The van der Waals surface area contributed by atoms with Crippen LogP contribution in [-0.4, -0.2) is 80.6 Å². The van der Waals surface area contributed by atoms with E-state index in [-0.39, 0.29) is 23.3 Å². The van der Waals surface area contributed by atoms with Gasteiger partial charge in [0.15, 0.2) is 0 Å². The van der Waals surface area contributed by atoms with Gasteiger partial charge in [0.25, 0.3) is 17.5 Å². The van der Waals surface area contributed by atoms with Gasteiger partial charge in [-0.3, -0.25) is 24.7 Å². The number of aromatic nitrogens is 1. The van der Waals surface area contributed by atoms with Crippen LogP contribution in [0.3, 0.4) is 0 Å². The van der Waals surface area contributed by atoms with Gasteiger partial charge in [0, 0.05) is 61.6 Å². The van der Waals surface area contributed by atoms with Gasteiger partial charge in [0.2, 0.25) is 0 Å². The number of nitrogens with zero attached hydrogens (tertiary/aromatic N) is 4. The number of benzene rings is 2. The summed E-state index contributed by atoms with van der Waals surface area (Å²) in [7, 11) is 5.88. The van der Waals surface area contributed by atoms with Crippen molar-refractivity contribution in [3.63, 3.8) is 0 Å². The number of nitro groups is 1. The number of amides is 2. The molecule has 1 atom stereocenters. The number of carbonyl (C=O) groups excluding carboxylic acids is 2. The van der Waals surface area contributed by atoms with E-state index in [4.69, 9.17) is 4.74 Å². The lowest BCUT2D eigenvalue weighted by Crippen LogP contribution is -2.33. The molecule has 1 unspecified atom stereocenters. The Balaban J connectivity index is 1.50. The van der Waals surface area contributed by atoms with E-state index in [1.54, 1.807) is 49.5 Å². The van der Waals surface area contributed by atoms with Gasteiger partial charge in [-0.1, -0.05) is 6.07 Å². The Hall–Kier alpha value is -4.39. The fraction of sp³-hybridized carbons (Fsp3) is 0.367. The molecule has 1 aliphatic rings. The number of hydrogen-bond donors (Lipinski definition) is 3. The zero-order valence-electron chi connectivity index (χ0n) is 24.3. The van der Waals surface area contributed by atoms with Crippen molar-refractivity contribution in [3.05, 3.63) is 87.2 Å². The van der Waals surface area contributed by atoms with E-state index in [1.807, 2.05) is 26.0 Å². The molecule has 0 spiro atoms.